The Balaban J connectivity index is 1.66. The van der Waals surface area contributed by atoms with Gasteiger partial charge in [-0.3, -0.25) is 9.59 Å². The summed E-state index contributed by atoms with van der Waals surface area (Å²) in [5.74, 6) is 1.22. The molecule has 156 valence electrons. The summed E-state index contributed by atoms with van der Waals surface area (Å²) in [5.41, 5.74) is 4.69. The van der Waals surface area contributed by atoms with E-state index in [1.54, 1.807) is 10.7 Å². The van der Waals surface area contributed by atoms with Crippen LogP contribution in [0.1, 0.15) is 64.4 Å². The molecule has 1 fully saturated rings. The zero-order chi connectivity index (χ0) is 21.3. The molecule has 0 radical (unpaired) electrons. The highest BCUT2D eigenvalue weighted by molar-refractivity contribution is 6.00. The number of rotatable bonds is 8. The van der Waals surface area contributed by atoms with Crippen molar-refractivity contribution in [1.82, 2.24) is 19.9 Å². The molecule has 0 bridgehead atoms. The van der Waals surface area contributed by atoms with Gasteiger partial charge in [0.25, 0.3) is 5.91 Å². The molecule has 0 unspecified atom stereocenters. The number of aromatic nitrogens is 3. The normalized spacial score (nSPS) is 13.4. The van der Waals surface area contributed by atoms with Crippen molar-refractivity contribution in [2.75, 3.05) is 11.9 Å². The number of nitrogens with one attached hydrogen (secondary N) is 2. The standard InChI is InChI=1S/C23H27N5O2/c1-4-9-24-23(30)18-12-28-21(15(18)3)22(25-13-26-28)27-19-11-17(8-5-14(19)2)20(29)10-16-6-7-16/h5,8,11-13,16H,4,6-7,9-10H2,1-3H3,(H,24,30)(H,25,26,27). The van der Waals surface area contributed by atoms with Crippen molar-refractivity contribution in [3.05, 3.63) is 53.0 Å². The number of nitrogens with zero attached hydrogens (tertiary/aromatic N) is 3. The number of carbonyl (C=O) groups excluding carboxylic acids is 2. The van der Waals surface area contributed by atoms with Crippen LogP contribution in [0.5, 0.6) is 0 Å². The first-order chi connectivity index (χ1) is 14.5. The number of aryl methyl sites for hydroxylation is 2. The fourth-order valence-corrected chi connectivity index (χ4v) is 3.57. The van der Waals surface area contributed by atoms with Crippen LogP contribution >= 0.6 is 0 Å². The molecule has 1 amide bonds. The Labute approximate surface area is 175 Å². The van der Waals surface area contributed by atoms with Crippen molar-refractivity contribution >= 4 is 28.7 Å². The largest absolute Gasteiger partial charge is 0.352 e. The maximum absolute atomic E-state index is 12.5. The Morgan fingerprint density at radius 2 is 2.03 bits per heavy atom. The summed E-state index contributed by atoms with van der Waals surface area (Å²) in [6.45, 7) is 6.53. The summed E-state index contributed by atoms with van der Waals surface area (Å²) in [4.78, 5) is 29.5. The molecule has 1 saturated carbocycles. The predicted molar refractivity (Wildman–Crippen MR) is 116 cm³/mol. The van der Waals surface area contributed by atoms with Crippen LogP contribution in [0.3, 0.4) is 0 Å². The molecule has 30 heavy (non-hydrogen) atoms. The first kappa shape index (κ1) is 20.1. The third-order valence-corrected chi connectivity index (χ3v) is 5.59. The number of carbonyl (C=O) groups is 2. The van der Waals surface area contributed by atoms with Gasteiger partial charge in [0.15, 0.2) is 11.6 Å². The van der Waals surface area contributed by atoms with Crippen molar-refractivity contribution in [2.24, 2.45) is 5.92 Å². The number of hydrogen-bond donors (Lipinski definition) is 2. The minimum atomic E-state index is -0.116. The molecule has 1 aromatic carbocycles. The quantitative estimate of drug-likeness (QED) is 0.548. The summed E-state index contributed by atoms with van der Waals surface area (Å²) in [5, 5.41) is 10.5. The highest BCUT2D eigenvalue weighted by Crippen LogP contribution is 2.34. The summed E-state index contributed by atoms with van der Waals surface area (Å²) in [7, 11) is 0. The molecule has 2 aromatic heterocycles. The average Bonchev–Trinajstić information content (AvgIpc) is 3.48. The lowest BCUT2D eigenvalue weighted by molar-refractivity contribution is 0.0950. The van der Waals surface area contributed by atoms with Crippen LogP contribution in [0.2, 0.25) is 0 Å². The second kappa shape index (κ2) is 8.26. The van der Waals surface area contributed by atoms with Gasteiger partial charge < -0.3 is 10.6 Å². The van der Waals surface area contributed by atoms with E-state index >= 15 is 0 Å². The molecule has 2 N–H and O–H groups in total. The van der Waals surface area contributed by atoms with Crippen LogP contribution in [0.25, 0.3) is 5.52 Å². The van der Waals surface area contributed by atoms with Gasteiger partial charge in [-0.05, 0) is 56.2 Å². The summed E-state index contributed by atoms with van der Waals surface area (Å²) in [6.07, 6.45) is 6.99. The molecule has 4 rings (SSSR count). The lowest BCUT2D eigenvalue weighted by atomic mass is 10.0. The molecule has 1 aliphatic rings. The van der Waals surface area contributed by atoms with Crippen LogP contribution < -0.4 is 10.6 Å². The number of amides is 1. The molecule has 0 saturated heterocycles. The van der Waals surface area contributed by atoms with Crippen molar-refractivity contribution in [2.45, 2.75) is 46.5 Å². The van der Waals surface area contributed by atoms with Crippen LogP contribution in [-0.4, -0.2) is 32.8 Å². The van der Waals surface area contributed by atoms with E-state index < -0.39 is 0 Å². The maximum atomic E-state index is 12.5. The van der Waals surface area contributed by atoms with E-state index in [9.17, 15) is 9.59 Å². The highest BCUT2D eigenvalue weighted by Gasteiger charge is 2.25. The number of benzene rings is 1. The van der Waals surface area contributed by atoms with Gasteiger partial charge in [0, 0.05) is 30.4 Å². The Hall–Kier alpha value is -3.22. The summed E-state index contributed by atoms with van der Waals surface area (Å²) in [6, 6.07) is 5.74. The second-order valence-corrected chi connectivity index (χ2v) is 8.05. The van der Waals surface area contributed by atoms with E-state index in [0.717, 1.165) is 41.6 Å². The number of fused-ring (bicyclic) bond motifs is 1. The molecule has 0 spiro atoms. The Morgan fingerprint density at radius 3 is 2.77 bits per heavy atom. The molecule has 1 aliphatic carbocycles. The monoisotopic (exact) mass is 405 g/mol. The van der Waals surface area contributed by atoms with Crippen molar-refractivity contribution in [1.29, 1.82) is 0 Å². The maximum Gasteiger partial charge on any atom is 0.253 e. The first-order valence-corrected chi connectivity index (χ1v) is 10.5. The summed E-state index contributed by atoms with van der Waals surface area (Å²) >= 11 is 0. The SMILES string of the molecule is CCCNC(=O)c1cn2ncnc(Nc3cc(C(=O)CC4CC4)ccc3C)c2c1C. The second-order valence-electron chi connectivity index (χ2n) is 8.05. The summed E-state index contributed by atoms with van der Waals surface area (Å²) < 4.78 is 1.67. The Bertz CT molecular complexity index is 1110. The van der Waals surface area contributed by atoms with Crippen LogP contribution in [0.4, 0.5) is 11.5 Å². The molecule has 2 heterocycles. The van der Waals surface area contributed by atoms with E-state index in [-0.39, 0.29) is 11.7 Å². The minimum Gasteiger partial charge on any atom is -0.352 e. The van der Waals surface area contributed by atoms with E-state index in [0.29, 0.717) is 35.8 Å². The zero-order valence-corrected chi connectivity index (χ0v) is 17.7. The number of anilines is 2. The highest BCUT2D eigenvalue weighted by atomic mass is 16.1. The van der Waals surface area contributed by atoms with E-state index in [4.69, 9.17) is 0 Å². The fourth-order valence-electron chi connectivity index (χ4n) is 3.57. The Kier molecular flexibility index (Phi) is 5.53. The van der Waals surface area contributed by atoms with E-state index in [2.05, 4.69) is 20.7 Å². The zero-order valence-electron chi connectivity index (χ0n) is 17.7. The number of hydrogen-bond acceptors (Lipinski definition) is 5. The molecule has 7 nitrogen and oxygen atoms in total. The van der Waals surface area contributed by atoms with Gasteiger partial charge in [-0.1, -0.05) is 19.1 Å². The minimum absolute atomic E-state index is 0.116. The van der Waals surface area contributed by atoms with E-state index in [1.807, 2.05) is 39.0 Å². The van der Waals surface area contributed by atoms with Crippen LogP contribution in [0.15, 0.2) is 30.7 Å². The average molecular weight is 406 g/mol. The lowest BCUT2D eigenvalue weighted by Gasteiger charge is -2.12. The number of ketones is 1. The van der Waals surface area contributed by atoms with Gasteiger partial charge in [0.1, 0.15) is 11.8 Å². The predicted octanol–water partition coefficient (Wildman–Crippen LogP) is 4.21. The third-order valence-electron chi connectivity index (χ3n) is 5.59. The third kappa shape index (κ3) is 4.06. The lowest BCUT2D eigenvalue weighted by Crippen LogP contribution is -2.24. The van der Waals surface area contributed by atoms with Gasteiger partial charge in [-0.2, -0.15) is 5.10 Å². The molecule has 0 atom stereocenters. The van der Waals surface area contributed by atoms with Gasteiger partial charge in [-0.25, -0.2) is 9.50 Å². The van der Waals surface area contributed by atoms with Crippen LogP contribution in [-0.2, 0) is 0 Å². The van der Waals surface area contributed by atoms with Crippen molar-refractivity contribution in [3.63, 3.8) is 0 Å². The van der Waals surface area contributed by atoms with Gasteiger partial charge in [0.05, 0.1) is 5.56 Å². The van der Waals surface area contributed by atoms with Crippen LogP contribution in [0, 0.1) is 19.8 Å². The fraction of sp³-hybridized carbons (Fsp3) is 0.391. The smallest absolute Gasteiger partial charge is 0.253 e. The van der Waals surface area contributed by atoms with Crippen molar-refractivity contribution in [3.8, 4) is 0 Å². The molecule has 3 aromatic rings. The topological polar surface area (TPSA) is 88.4 Å². The molecule has 0 aliphatic heterocycles. The number of Topliss-reactive ketones (excluding diaryl/α,β-unsaturated/α-hetero) is 1. The first-order valence-electron chi connectivity index (χ1n) is 10.5. The molecular weight excluding hydrogens is 378 g/mol. The van der Waals surface area contributed by atoms with Gasteiger partial charge >= 0.3 is 0 Å². The van der Waals surface area contributed by atoms with Crippen molar-refractivity contribution < 1.29 is 9.59 Å². The molecular formula is C23H27N5O2. The van der Waals surface area contributed by atoms with Gasteiger partial charge in [0.2, 0.25) is 0 Å². The van der Waals surface area contributed by atoms with E-state index in [1.165, 1.54) is 6.33 Å². The molecule has 7 heteroatoms. The Morgan fingerprint density at radius 1 is 1.23 bits per heavy atom. The van der Waals surface area contributed by atoms with Gasteiger partial charge in [-0.15, -0.1) is 0 Å².